The minimum absolute atomic E-state index is 0.0130. The van der Waals surface area contributed by atoms with Gasteiger partial charge in [0.15, 0.2) is 0 Å². The number of nitrogens with zero attached hydrogens (tertiary/aromatic N) is 3. The molecular weight excluding hydrogens is 518 g/mol. The summed E-state index contributed by atoms with van der Waals surface area (Å²) in [5.74, 6) is 0.311. The second kappa shape index (κ2) is 11.9. The first-order valence-electron chi connectivity index (χ1n) is 13.2. The molecule has 5 rings (SSSR count). The van der Waals surface area contributed by atoms with E-state index in [-0.39, 0.29) is 29.6 Å². The molecule has 206 valence electrons. The smallest absolute Gasteiger partial charge is 0.269 e. The van der Waals surface area contributed by atoms with Gasteiger partial charge in [0.2, 0.25) is 0 Å². The molecule has 2 atom stereocenters. The van der Waals surface area contributed by atoms with Crippen LogP contribution in [0.2, 0.25) is 0 Å². The van der Waals surface area contributed by atoms with E-state index >= 15 is 0 Å². The van der Waals surface area contributed by atoms with Gasteiger partial charge in [-0.3, -0.25) is 19.7 Å². The van der Waals surface area contributed by atoms with Crippen LogP contribution < -0.4 is 14.5 Å². The monoisotopic (exact) mass is 547 g/mol. The number of rotatable bonds is 7. The van der Waals surface area contributed by atoms with Crippen LogP contribution in [0.15, 0.2) is 109 Å². The number of nitro groups is 1. The molecule has 0 bridgehead atoms. The van der Waals surface area contributed by atoms with Gasteiger partial charge in [-0.15, -0.1) is 0 Å². The molecule has 0 fully saturated rings. The third-order valence-electron chi connectivity index (χ3n) is 7.22. The minimum atomic E-state index is -0.458. The zero-order chi connectivity index (χ0) is 28.9. The molecule has 1 aliphatic rings. The van der Waals surface area contributed by atoms with Gasteiger partial charge in [0.05, 0.1) is 18.1 Å². The molecule has 0 spiro atoms. The van der Waals surface area contributed by atoms with Crippen molar-refractivity contribution < 1.29 is 19.2 Å². The Morgan fingerprint density at radius 1 is 0.927 bits per heavy atom. The molecular formula is C33H29N3O5. The van der Waals surface area contributed by atoms with Crippen molar-refractivity contribution in [2.75, 3.05) is 16.9 Å². The predicted octanol–water partition coefficient (Wildman–Crippen LogP) is 6.83. The van der Waals surface area contributed by atoms with Gasteiger partial charge in [0.25, 0.3) is 17.5 Å². The zero-order valence-corrected chi connectivity index (χ0v) is 22.7. The van der Waals surface area contributed by atoms with Crippen molar-refractivity contribution in [2.45, 2.75) is 25.4 Å². The SMILES string of the molecule is COc1ccc(C(=O)N2c3ccccc3[C@H](N(C(=O)/C=C/c3ccc([N+](=O)[O-])cc3)c3ccccc3)C[C@@H]2C)cc1. The number of carbonyl (C=O) groups is 2. The highest BCUT2D eigenvalue weighted by molar-refractivity contribution is 6.08. The number of amides is 2. The molecule has 0 unspecified atom stereocenters. The summed E-state index contributed by atoms with van der Waals surface area (Å²) < 4.78 is 5.24. The number of methoxy groups -OCH3 is 1. The van der Waals surface area contributed by atoms with E-state index in [9.17, 15) is 19.7 Å². The maximum Gasteiger partial charge on any atom is 0.269 e. The first-order chi connectivity index (χ1) is 19.9. The van der Waals surface area contributed by atoms with E-state index in [1.54, 1.807) is 59.4 Å². The third kappa shape index (κ3) is 5.72. The number of non-ortho nitro benzene ring substituents is 1. The molecule has 1 heterocycles. The van der Waals surface area contributed by atoms with Gasteiger partial charge in [0.1, 0.15) is 5.75 Å². The van der Waals surface area contributed by atoms with E-state index in [1.807, 2.05) is 61.5 Å². The van der Waals surface area contributed by atoms with E-state index < -0.39 is 4.92 Å². The summed E-state index contributed by atoms with van der Waals surface area (Å²) >= 11 is 0. The number of carbonyl (C=O) groups excluding carboxylic acids is 2. The Balaban J connectivity index is 1.50. The number of nitro benzene ring substituents is 1. The van der Waals surface area contributed by atoms with Gasteiger partial charge < -0.3 is 14.5 Å². The highest BCUT2D eigenvalue weighted by Gasteiger charge is 2.38. The standard InChI is InChI=1S/C33H29N3O5/c1-23-22-31(29-10-6-7-11-30(29)34(23)33(38)25-15-19-28(41-2)20-16-25)35(26-8-4-3-5-9-26)32(37)21-14-24-12-17-27(18-13-24)36(39)40/h3-21,23,31H,22H2,1-2H3/b21-14+/t23-,31+/m0/s1. The fourth-order valence-corrected chi connectivity index (χ4v) is 5.21. The van der Waals surface area contributed by atoms with Crippen molar-refractivity contribution in [2.24, 2.45) is 0 Å². The number of hydrogen-bond acceptors (Lipinski definition) is 5. The summed E-state index contributed by atoms with van der Waals surface area (Å²) in [7, 11) is 1.58. The largest absolute Gasteiger partial charge is 0.497 e. The third-order valence-corrected chi connectivity index (χ3v) is 7.22. The maximum atomic E-state index is 13.8. The Labute approximate surface area is 238 Å². The molecule has 4 aromatic rings. The molecule has 41 heavy (non-hydrogen) atoms. The molecule has 0 aliphatic carbocycles. The van der Waals surface area contributed by atoms with Crippen LogP contribution in [0.3, 0.4) is 0 Å². The van der Waals surface area contributed by atoms with Gasteiger partial charge >= 0.3 is 0 Å². The average Bonchev–Trinajstić information content (AvgIpc) is 3.00. The molecule has 0 aromatic heterocycles. The summed E-state index contributed by atoms with van der Waals surface area (Å²) in [5, 5.41) is 11.0. The fourth-order valence-electron chi connectivity index (χ4n) is 5.21. The summed E-state index contributed by atoms with van der Waals surface area (Å²) in [6.07, 6.45) is 3.65. The van der Waals surface area contributed by atoms with Gasteiger partial charge in [-0.2, -0.15) is 0 Å². The van der Waals surface area contributed by atoms with Crippen LogP contribution in [0.25, 0.3) is 6.08 Å². The Morgan fingerprint density at radius 3 is 2.24 bits per heavy atom. The van der Waals surface area contributed by atoms with Crippen molar-refractivity contribution in [3.63, 3.8) is 0 Å². The van der Waals surface area contributed by atoms with Crippen molar-refractivity contribution in [3.05, 3.63) is 136 Å². The van der Waals surface area contributed by atoms with E-state index in [1.165, 1.54) is 18.2 Å². The second-order valence-corrected chi connectivity index (χ2v) is 9.79. The van der Waals surface area contributed by atoms with Gasteiger partial charge in [-0.1, -0.05) is 36.4 Å². The minimum Gasteiger partial charge on any atom is -0.497 e. The first kappa shape index (κ1) is 27.3. The van der Waals surface area contributed by atoms with Crippen LogP contribution >= 0.6 is 0 Å². The maximum absolute atomic E-state index is 13.8. The lowest BCUT2D eigenvalue weighted by Crippen LogP contribution is -2.47. The fraction of sp³-hybridized carbons (Fsp3) is 0.152. The number of fused-ring (bicyclic) bond motifs is 1. The number of anilines is 2. The van der Waals surface area contributed by atoms with Gasteiger partial charge in [-0.05, 0) is 85.1 Å². The van der Waals surface area contributed by atoms with Crippen LogP contribution in [0.5, 0.6) is 5.75 Å². The quantitative estimate of drug-likeness (QED) is 0.144. The van der Waals surface area contributed by atoms with Crippen molar-refractivity contribution in [1.82, 2.24) is 0 Å². The van der Waals surface area contributed by atoms with E-state index in [0.29, 0.717) is 23.3 Å². The van der Waals surface area contributed by atoms with E-state index in [4.69, 9.17) is 4.74 Å². The summed E-state index contributed by atoms with van der Waals surface area (Å²) in [6, 6.07) is 29.7. The molecule has 4 aromatic carbocycles. The summed E-state index contributed by atoms with van der Waals surface area (Å²) in [6.45, 7) is 1.99. The zero-order valence-electron chi connectivity index (χ0n) is 22.7. The summed E-state index contributed by atoms with van der Waals surface area (Å²) in [4.78, 5) is 41.7. The second-order valence-electron chi connectivity index (χ2n) is 9.79. The Bertz CT molecular complexity index is 1580. The lowest BCUT2D eigenvalue weighted by molar-refractivity contribution is -0.384. The lowest BCUT2D eigenvalue weighted by Gasteiger charge is -2.43. The van der Waals surface area contributed by atoms with Gasteiger partial charge in [-0.25, -0.2) is 0 Å². The number of ether oxygens (including phenoxy) is 1. The van der Waals surface area contributed by atoms with Crippen LogP contribution in [0.4, 0.5) is 17.1 Å². The van der Waals surface area contributed by atoms with Crippen LogP contribution in [0, 0.1) is 10.1 Å². The van der Waals surface area contributed by atoms with Gasteiger partial charge in [0, 0.05) is 41.2 Å². The Kier molecular flexibility index (Phi) is 7.92. The van der Waals surface area contributed by atoms with Crippen LogP contribution in [0.1, 0.15) is 40.9 Å². The number of benzene rings is 4. The van der Waals surface area contributed by atoms with Crippen LogP contribution in [-0.4, -0.2) is 29.9 Å². The normalized spacial score (nSPS) is 16.2. The Hall–Kier alpha value is -5.24. The molecule has 1 aliphatic heterocycles. The average molecular weight is 548 g/mol. The van der Waals surface area contributed by atoms with E-state index in [0.717, 1.165) is 16.9 Å². The topological polar surface area (TPSA) is 93.0 Å². The molecule has 2 amide bonds. The van der Waals surface area contributed by atoms with Crippen molar-refractivity contribution in [3.8, 4) is 5.75 Å². The van der Waals surface area contributed by atoms with Crippen LogP contribution in [-0.2, 0) is 4.79 Å². The number of hydrogen-bond donors (Lipinski definition) is 0. The highest BCUT2D eigenvalue weighted by atomic mass is 16.6. The lowest BCUT2D eigenvalue weighted by atomic mass is 9.89. The first-order valence-corrected chi connectivity index (χ1v) is 13.2. The highest BCUT2D eigenvalue weighted by Crippen LogP contribution is 2.43. The molecule has 0 saturated carbocycles. The molecule has 8 nitrogen and oxygen atoms in total. The van der Waals surface area contributed by atoms with E-state index in [2.05, 4.69) is 0 Å². The Morgan fingerprint density at radius 2 is 1.59 bits per heavy atom. The molecule has 8 heteroatoms. The summed E-state index contributed by atoms with van der Waals surface area (Å²) in [5.41, 5.74) is 3.56. The number of para-hydroxylation sites is 2. The molecule has 0 radical (unpaired) electrons. The molecule has 0 N–H and O–H groups in total. The van der Waals surface area contributed by atoms with Crippen molar-refractivity contribution >= 4 is 35.0 Å². The van der Waals surface area contributed by atoms with Crippen molar-refractivity contribution in [1.29, 1.82) is 0 Å². The predicted molar refractivity (Wildman–Crippen MR) is 159 cm³/mol. The molecule has 0 saturated heterocycles.